The second-order valence-electron chi connectivity index (χ2n) is 6.40. The van der Waals surface area contributed by atoms with E-state index in [-0.39, 0.29) is 5.41 Å². The molecule has 3 aliphatic rings. The SMILES string of the molecule is CC1(C)CC(C23CCCCC2C3)=CC1=O. The predicted octanol–water partition coefficient (Wildman–Crippen LogP) is 3.49. The summed E-state index contributed by atoms with van der Waals surface area (Å²) in [5.74, 6) is 1.29. The fourth-order valence-corrected chi connectivity index (χ4v) is 3.74. The molecule has 2 unspecified atom stereocenters. The summed E-state index contributed by atoms with van der Waals surface area (Å²) in [5, 5.41) is 0. The molecule has 0 aromatic rings. The van der Waals surface area contributed by atoms with Crippen molar-refractivity contribution >= 4 is 5.78 Å². The minimum absolute atomic E-state index is 0.103. The van der Waals surface area contributed by atoms with Crippen LogP contribution in [0.3, 0.4) is 0 Å². The molecule has 82 valence electrons. The van der Waals surface area contributed by atoms with Crippen LogP contribution in [0.5, 0.6) is 0 Å². The maximum Gasteiger partial charge on any atom is 0.161 e. The lowest BCUT2D eigenvalue weighted by Crippen LogP contribution is -2.18. The molecule has 0 bridgehead atoms. The molecule has 0 saturated heterocycles. The lowest BCUT2D eigenvalue weighted by atomic mass is 9.79. The molecule has 0 heterocycles. The van der Waals surface area contributed by atoms with Crippen molar-refractivity contribution in [3.63, 3.8) is 0 Å². The Kier molecular flexibility index (Phi) is 1.76. The highest BCUT2D eigenvalue weighted by molar-refractivity contribution is 5.98. The van der Waals surface area contributed by atoms with Crippen LogP contribution in [0.2, 0.25) is 0 Å². The van der Waals surface area contributed by atoms with Gasteiger partial charge < -0.3 is 0 Å². The Balaban J connectivity index is 1.86. The summed E-state index contributed by atoms with van der Waals surface area (Å²) in [4.78, 5) is 11.8. The van der Waals surface area contributed by atoms with E-state index in [2.05, 4.69) is 13.8 Å². The first-order valence-corrected chi connectivity index (χ1v) is 6.30. The highest BCUT2D eigenvalue weighted by Crippen LogP contribution is 2.67. The van der Waals surface area contributed by atoms with Gasteiger partial charge >= 0.3 is 0 Å². The van der Waals surface area contributed by atoms with E-state index in [1.807, 2.05) is 6.08 Å². The fraction of sp³-hybridized carbons (Fsp3) is 0.786. The Morgan fingerprint density at radius 2 is 2.13 bits per heavy atom. The Bertz CT molecular complexity index is 350. The third-order valence-corrected chi connectivity index (χ3v) is 4.90. The molecule has 2 atom stereocenters. The normalized spacial score (nSPS) is 42.4. The fourth-order valence-electron chi connectivity index (χ4n) is 3.74. The summed E-state index contributed by atoms with van der Waals surface area (Å²) in [5.41, 5.74) is 1.90. The van der Waals surface area contributed by atoms with Crippen molar-refractivity contribution in [1.82, 2.24) is 0 Å². The van der Waals surface area contributed by atoms with Crippen molar-refractivity contribution in [3.05, 3.63) is 11.6 Å². The maximum atomic E-state index is 11.8. The van der Waals surface area contributed by atoms with Crippen LogP contribution in [0.4, 0.5) is 0 Å². The van der Waals surface area contributed by atoms with Gasteiger partial charge in [0.1, 0.15) is 0 Å². The second kappa shape index (κ2) is 2.75. The number of hydrogen-bond donors (Lipinski definition) is 0. The summed E-state index contributed by atoms with van der Waals surface area (Å²) < 4.78 is 0. The van der Waals surface area contributed by atoms with E-state index in [1.54, 1.807) is 0 Å². The van der Waals surface area contributed by atoms with Gasteiger partial charge in [-0.2, -0.15) is 0 Å². The Labute approximate surface area is 91.9 Å². The lowest BCUT2D eigenvalue weighted by Gasteiger charge is -2.25. The molecule has 0 N–H and O–H groups in total. The van der Waals surface area contributed by atoms with Gasteiger partial charge in [-0.15, -0.1) is 0 Å². The van der Waals surface area contributed by atoms with E-state index < -0.39 is 0 Å². The number of hydrogen-bond acceptors (Lipinski definition) is 1. The Morgan fingerprint density at radius 3 is 2.73 bits per heavy atom. The molecule has 1 heteroatoms. The molecule has 0 aromatic carbocycles. The predicted molar refractivity (Wildman–Crippen MR) is 60.5 cm³/mol. The quantitative estimate of drug-likeness (QED) is 0.639. The van der Waals surface area contributed by atoms with Crippen molar-refractivity contribution in [2.75, 3.05) is 0 Å². The molecule has 0 aliphatic heterocycles. The Morgan fingerprint density at radius 1 is 1.33 bits per heavy atom. The molecule has 2 fully saturated rings. The third-order valence-electron chi connectivity index (χ3n) is 4.90. The number of carbonyl (C=O) groups excluding carboxylic acids is 1. The van der Waals surface area contributed by atoms with Gasteiger partial charge in [-0.3, -0.25) is 4.79 Å². The van der Waals surface area contributed by atoms with Crippen LogP contribution in [0.15, 0.2) is 11.6 Å². The van der Waals surface area contributed by atoms with E-state index in [0.29, 0.717) is 11.2 Å². The Hall–Kier alpha value is -0.590. The molecule has 0 amide bonds. The molecule has 15 heavy (non-hydrogen) atoms. The maximum absolute atomic E-state index is 11.8. The first-order chi connectivity index (χ1) is 7.05. The second-order valence-corrected chi connectivity index (χ2v) is 6.40. The van der Waals surface area contributed by atoms with Crippen LogP contribution in [-0.2, 0) is 4.79 Å². The standard InChI is InChI=1S/C14H20O/c1-13(2)8-11(7-12(13)15)14-6-4-3-5-10(14)9-14/h7,10H,3-6,8-9H2,1-2H3. The first-order valence-electron chi connectivity index (χ1n) is 6.30. The molecule has 3 rings (SSSR count). The lowest BCUT2D eigenvalue weighted by molar-refractivity contribution is -0.121. The van der Waals surface area contributed by atoms with Gasteiger partial charge in [0.2, 0.25) is 0 Å². The topological polar surface area (TPSA) is 17.1 Å². The van der Waals surface area contributed by atoms with Crippen LogP contribution in [0.25, 0.3) is 0 Å². The van der Waals surface area contributed by atoms with Gasteiger partial charge in [-0.25, -0.2) is 0 Å². The smallest absolute Gasteiger partial charge is 0.161 e. The van der Waals surface area contributed by atoms with Gasteiger partial charge in [0.05, 0.1) is 0 Å². The summed E-state index contributed by atoms with van der Waals surface area (Å²) >= 11 is 0. The zero-order chi connectivity index (χ0) is 10.7. The average molecular weight is 204 g/mol. The van der Waals surface area contributed by atoms with Gasteiger partial charge in [-0.05, 0) is 43.1 Å². The van der Waals surface area contributed by atoms with Gasteiger partial charge in [0.15, 0.2) is 5.78 Å². The van der Waals surface area contributed by atoms with E-state index in [9.17, 15) is 4.79 Å². The summed E-state index contributed by atoms with van der Waals surface area (Å²) in [6, 6.07) is 0. The zero-order valence-electron chi connectivity index (χ0n) is 9.81. The number of rotatable bonds is 1. The van der Waals surface area contributed by atoms with Crippen LogP contribution < -0.4 is 0 Å². The summed E-state index contributed by atoms with van der Waals surface area (Å²) in [6.45, 7) is 4.19. The molecule has 1 nitrogen and oxygen atoms in total. The molecule has 0 spiro atoms. The van der Waals surface area contributed by atoms with Crippen LogP contribution in [-0.4, -0.2) is 5.78 Å². The minimum atomic E-state index is -0.103. The molecule has 2 saturated carbocycles. The molecular weight excluding hydrogens is 184 g/mol. The number of fused-ring (bicyclic) bond motifs is 1. The largest absolute Gasteiger partial charge is 0.294 e. The monoisotopic (exact) mass is 204 g/mol. The van der Waals surface area contributed by atoms with Crippen LogP contribution in [0.1, 0.15) is 52.4 Å². The van der Waals surface area contributed by atoms with Gasteiger partial charge in [0.25, 0.3) is 0 Å². The summed E-state index contributed by atoms with van der Waals surface area (Å²) in [6.07, 6.45) is 9.95. The molecule has 3 aliphatic carbocycles. The van der Waals surface area contributed by atoms with Crippen molar-refractivity contribution in [1.29, 1.82) is 0 Å². The average Bonchev–Trinajstić information content (AvgIpc) is 2.85. The van der Waals surface area contributed by atoms with Crippen LogP contribution in [0, 0.1) is 16.7 Å². The number of ketones is 1. The van der Waals surface area contributed by atoms with E-state index in [1.165, 1.54) is 37.7 Å². The first kappa shape index (κ1) is 9.62. The third kappa shape index (κ3) is 1.25. The highest BCUT2D eigenvalue weighted by Gasteiger charge is 2.58. The van der Waals surface area contributed by atoms with Gasteiger partial charge in [0, 0.05) is 5.41 Å². The van der Waals surface area contributed by atoms with Crippen molar-refractivity contribution in [2.24, 2.45) is 16.7 Å². The number of carbonyl (C=O) groups is 1. The van der Waals surface area contributed by atoms with Gasteiger partial charge in [-0.1, -0.05) is 32.3 Å². The van der Waals surface area contributed by atoms with E-state index in [4.69, 9.17) is 0 Å². The zero-order valence-corrected chi connectivity index (χ0v) is 9.81. The van der Waals surface area contributed by atoms with E-state index in [0.717, 1.165) is 12.3 Å². The van der Waals surface area contributed by atoms with Crippen LogP contribution >= 0.6 is 0 Å². The molecular formula is C14H20O. The molecule has 0 aromatic heterocycles. The summed E-state index contributed by atoms with van der Waals surface area (Å²) in [7, 11) is 0. The highest BCUT2D eigenvalue weighted by atomic mass is 16.1. The van der Waals surface area contributed by atoms with Crippen molar-refractivity contribution < 1.29 is 4.79 Å². The van der Waals surface area contributed by atoms with Crippen molar-refractivity contribution in [3.8, 4) is 0 Å². The van der Waals surface area contributed by atoms with E-state index >= 15 is 0 Å². The molecule has 0 radical (unpaired) electrons. The number of allylic oxidation sites excluding steroid dienone is 2. The minimum Gasteiger partial charge on any atom is -0.294 e. The van der Waals surface area contributed by atoms with Crippen molar-refractivity contribution in [2.45, 2.75) is 52.4 Å².